The summed E-state index contributed by atoms with van der Waals surface area (Å²) in [6.45, 7) is 0. The molecule has 0 bridgehead atoms. The van der Waals surface area contributed by atoms with Gasteiger partial charge in [0.1, 0.15) is 46.9 Å². The minimum Gasteiger partial charge on any atom is -0.0785 e. The van der Waals surface area contributed by atoms with Gasteiger partial charge in [0.15, 0.2) is 0 Å². The summed E-state index contributed by atoms with van der Waals surface area (Å²) in [5, 5.41) is 0. The summed E-state index contributed by atoms with van der Waals surface area (Å²) >= 11 is 107. The summed E-state index contributed by atoms with van der Waals surface area (Å²) in [6, 6.07) is 0. The first-order chi connectivity index (χ1) is 17.2. The molecule has 1 aliphatic rings. The van der Waals surface area contributed by atoms with E-state index in [4.69, 9.17) is 0 Å². The molecule has 1 rings (SSSR count). The number of hydrogen-bond donors (Lipinski definition) is 0. The first-order valence-corrected chi connectivity index (χ1v) is 30.0. The van der Waals surface area contributed by atoms with Gasteiger partial charge < -0.3 is 0 Å². The minimum atomic E-state index is -1.19. The molecule has 0 spiro atoms. The maximum Gasteiger partial charge on any atom is 0.135 e. The van der Waals surface area contributed by atoms with Crippen LogP contribution in [0.2, 0.25) is 0 Å². The number of alkyl halides is 26. The van der Waals surface area contributed by atoms with E-state index < -0.39 is 42.0 Å². The van der Waals surface area contributed by atoms with Crippen molar-refractivity contribution in [3.63, 3.8) is 0 Å². The van der Waals surface area contributed by atoms with Crippen molar-refractivity contribution in [1.82, 2.24) is 0 Å². The molecule has 245 valence electrons. The highest BCUT2D eigenvalue weighted by atomic mass is 80.0. The Balaban J connectivity index is 4.61. The molecule has 0 N–H and O–H groups in total. The molecule has 1 radical (unpaired) electrons. The summed E-state index contributed by atoms with van der Waals surface area (Å²) in [5.74, 6) is 0. The van der Waals surface area contributed by atoms with Crippen LogP contribution >= 0.6 is 430 Å². The molecule has 0 heterocycles. The van der Waals surface area contributed by atoms with Crippen LogP contribution in [0.5, 0.6) is 0 Å². The second-order valence-corrected chi connectivity index (χ2v) is 53.3. The van der Waals surface area contributed by atoms with E-state index in [-0.39, 0.29) is 0 Å². The fraction of sp³-hybridized carbons (Fsp3) is 0.929. The van der Waals surface area contributed by atoms with Crippen LogP contribution in [-0.4, -0.2) is 42.0 Å². The fourth-order valence-corrected chi connectivity index (χ4v) is 32.1. The highest BCUT2D eigenvalue weighted by Gasteiger charge is 2.84. The Labute approximate surface area is 465 Å². The Morgan fingerprint density at radius 3 is 0.415 bits per heavy atom. The molecule has 1 saturated carbocycles. The summed E-state index contributed by atoms with van der Waals surface area (Å²) in [4.78, 5) is 0.600. The standard InChI is InChI=1S/C14Br27/c15-1-2(16,17)4(20,21)6(24,25)8(28,29)10(32,33)12(36,37)14(40,41)13(38,39)11(34,35)9(30,31)7(26,27)5(22,23)3(1,18)19. The maximum atomic E-state index is 3.97. The zero-order chi connectivity index (χ0) is 34.1. The highest BCUT2D eigenvalue weighted by molar-refractivity contribution is 9.39. The average molecular weight is 2330 g/mol. The number of halogens is 27. The lowest BCUT2D eigenvalue weighted by atomic mass is 9.98. The molecule has 0 amide bonds. The van der Waals surface area contributed by atoms with Crippen LogP contribution in [0, 0.1) is 4.83 Å². The lowest BCUT2D eigenvalue weighted by Gasteiger charge is -2.63. The van der Waals surface area contributed by atoms with Gasteiger partial charge >= 0.3 is 0 Å². The predicted molar refractivity (Wildman–Crippen MR) is 280 cm³/mol. The molecule has 41 heavy (non-hydrogen) atoms. The molecule has 0 saturated heterocycles. The van der Waals surface area contributed by atoms with Crippen LogP contribution in [0.15, 0.2) is 0 Å². The molecule has 0 aromatic carbocycles. The van der Waals surface area contributed by atoms with Crippen molar-refractivity contribution in [2.45, 2.75) is 42.0 Å². The average Bonchev–Trinajstić information content (AvgIpc) is 2.75. The van der Waals surface area contributed by atoms with Crippen molar-refractivity contribution in [3.05, 3.63) is 4.83 Å². The van der Waals surface area contributed by atoms with Gasteiger partial charge in [-0.3, -0.25) is 0 Å². The Kier molecular flexibility index (Phi) is 20.5. The zero-order valence-electron chi connectivity index (χ0n) is 17.2. The van der Waals surface area contributed by atoms with Gasteiger partial charge in [-0.05, 0) is 0 Å². The molecule has 1 fully saturated rings. The Morgan fingerprint density at radius 2 is 0.293 bits per heavy atom. The van der Waals surface area contributed by atoms with Gasteiger partial charge in [0.25, 0.3) is 0 Å². The maximum absolute atomic E-state index is 3.97. The number of rotatable bonds is 0. The van der Waals surface area contributed by atoms with E-state index >= 15 is 0 Å². The summed E-state index contributed by atoms with van der Waals surface area (Å²) in [7, 11) is 0. The molecular weight excluding hydrogens is 2330 g/mol. The normalized spacial score (nSPS) is 33.7. The smallest absolute Gasteiger partial charge is 0.0785 e. The van der Waals surface area contributed by atoms with E-state index in [2.05, 4.69) is 430 Å². The van der Waals surface area contributed by atoms with Gasteiger partial charge in [-0.2, -0.15) is 0 Å². The summed E-state index contributed by atoms with van der Waals surface area (Å²) < 4.78 is -15.2. The van der Waals surface area contributed by atoms with Gasteiger partial charge in [0, 0.05) is 0 Å². The lowest BCUT2D eigenvalue weighted by Crippen LogP contribution is -2.74. The second-order valence-electron chi connectivity index (χ2n) is 7.78. The molecule has 27 heteroatoms. The van der Waals surface area contributed by atoms with Crippen LogP contribution in [-0.2, 0) is 0 Å². The van der Waals surface area contributed by atoms with E-state index in [0.717, 1.165) is 0 Å². The van der Waals surface area contributed by atoms with Gasteiger partial charge in [-0.1, -0.05) is 430 Å². The molecule has 0 aromatic heterocycles. The lowest BCUT2D eigenvalue weighted by molar-refractivity contribution is 0.520. The second kappa shape index (κ2) is 16.2. The molecular formula is C14Br27. The third kappa shape index (κ3) is 7.78. The Hall–Kier alpha value is 13.0. The molecule has 0 aliphatic heterocycles. The third-order valence-corrected chi connectivity index (χ3v) is 64.3. The van der Waals surface area contributed by atoms with Gasteiger partial charge in [-0.15, -0.1) is 0 Å². The van der Waals surface area contributed by atoms with E-state index in [9.17, 15) is 0 Å². The monoisotopic (exact) mass is 2300 g/mol. The van der Waals surface area contributed by atoms with Crippen LogP contribution in [0.25, 0.3) is 0 Å². The van der Waals surface area contributed by atoms with Crippen molar-refractivity contribution in [2.24, 2.45) is 0 Å². The van der Waals surface area contributed by atoms with Crippen molar-refractivity contribution in [3.8, 4) is 0 Å². The van der Waals surface area contributed by atoms with E-state index in [1.165, 1.54) is 0 Å². The van der Waals surface area contributed by atoms with Gasteiger partial charge in [-0.25, -0.2) is 0 Å². The van der Waals surface area contributed by atoms with Crippen molar-refractivity contribution < 1.29 is 0 Å². The minimum absolute atomic E-state index is 0.600. The largest absolute Gasteiger partial charge is 0.135 e. The fourth-order valence-electron chi connectivity index (χ4n) is 2.64. The topological polar surface area (TPSA) is 0 Å². The molecule has 0 unspecified atom stereocenters. The Morgan fingerprint density at radius 1 is 0.195 bits per heavy atom. The third-order valence-electron chi connectivity index (χ3n) is 5.28. The quantitative estimate of drug-likeness (QED) is 0.212. The number of hydrogen-bond acceptors (Lipinski definition) is 0. The van der Waals surface area contributed by atoms with E-state index in [1.807, 2.05) is 0 Å². The van der Waals surface area contributed by atoms with Crippen LogP contribution in [0.3, 0.4) is 0 Å². The molecule has 0 aromatic rings. The van der Waals surface area contributed by atoms with Crippen LogP contribution in [0.1, 0.15) is 0 Å². The summed E-state index contributed by atoms with van der Waals surface area (Å²) in [5.41, 5.74) is 0. The van der Waals surface area contributed by atoms with Crippen molar-refractivity contribution >= 4 is 430 Å². The highest BCUT2D eigenvalue weighted by Crippen LogP contribution is 2.84. The molecule has 0 nitrogen and oxygen atoms in total. The van der Waals surface area contributed by atoms with E-state index in [1.54, 1.807) is 0 Å². The van der Waals surface area contributed by atoms with Crippen LogP contribution in [0.4, 0.5) is 0 Å². The Bertz CT molecular complexity index is 935. The summed E-state index contributed by atoms with van der Waals surface area (Å²) in [6.07, 6.45) is 0. The van der Waals surface area contributed by atoms with Crippen molar-refractivity contribution in [2.75, 3.05) is 0 Å². The zero-order valence-corrected chi connectivity index (χ0v) is 60.0. The molecule has 0 atom stereocenters. The predicted octanol–water partition coefficient (Wildman–Crippen LogP) is 20.2. The van der Waals surface area contributed by atoms with Crippen LogP contribution < -0.4 is 0 Å². The first kappa shape index (κ1) is 52.0. The molecule has 1 aliphatic carbocycles. The van der Waals surface area contributed by atoms with Gasteiger partial charge in [0.05, 0.1) is 0 Å². The van der Waals surface area contributed by atoms with E-state index in [0.29, 0.717) is 4.83 Å². The van der Waals surface area contributed by atoms with Crippen molar-refractivity contribution in [1.29, 1.82) is 0 Å². The van der Waals surface area contributed by atoms with Gasteiger partial charge in [0.2, 0.25) is 0 Å². The SMILES string of the molecule is Br[C]1C(Br)(Br)C(Br)(Br)C(Br)(Br)C(Br)(Br)C(Br)(Br)C(Br)(Br)C(Br)(Br)C(Br)(Br)C(Br)(Br)C(Br)(Br)C(Br)(Br)C(Br)(Br)C1(Br)Br. The first-order valence-electron chi connectivity index (χ1n) is 8.60.